The second-order valence-electron chi connectivity index (χ2n) is 4.18. The molecule has 0 spiro atoms. The predicted octanol–water partition coefficient (Wildman–Crippen LogP) is 2.05. The summed E-state index contributed by atoms with van der Waals surface area (Å²) in [5.41, 5.74) is 6.75. The van der Waals surface area contributed by atoms with E-state index in [-0.39, 0.29) is 5.91 Å². The number of nitrogens with one attached hydrogen (secondary N) is 1. The Balaban J connectivity index is 2.23. The van der Waals surface area contributed by atoms with Gasteiger partial charge in [-0.2, -0.15) is 0 Å². The monoisotopic (exact) mass is 240 g/mol. The van der Waals surface area contributed by atoms with Crippen molar-refractivity contribution in [2.24, 2.45) is 11.7 Å². The Morgan fingerprint density at radius 1 is 1.62 bits per heavy atom. The fraction of sp³-hybridized carbons (Fsp3) is 0.583. The molecule has 90 valence electrons. The normalized spacial score (nSPS) is 12.4. The number of hydrogen-bond donors (Lipinski definition) is 2. The van der Waals surface area contributed by atoms with Gasteiger partial charge in [0, 0.05) is 11.3 Å². The molecule has 0 aliphatic heterocycles. The Bertz CT molecular complexity index is 336. The maximum Gasteiger partial charge on any atom is 0.220 e. The van der Waals surface area contributed by atoms with Crippen molar-refractivity contribution in [3.05, 3.63) is 21.9 Å². The summed E-state index contributed by atoms with van der Waals surface area (Å²) in [7, 11) is 0. The van der Waals surface area contributed by atoms with Gasteiger partial charge in [0.2, 0.25) is 5.91 Å². The summed E-state index contributed by atoms with van der Waals surface area (Å²) >= 11 is 1.69. The van der Waals surface area contributed by atoms with Gasteiger partial charge in [-0.15, -0.1) is 11.3 Å². The van der Waals surface area contributed by atoms with E-state index >= 15 is 0 Å². The second kappa shape index (κ2) is 6.66. The third-order valence-electron chi connectivity index (χ3n) is 2.68. The molecule has 0 fully saturated rings. The van der Waals surface area contributed by atoms with E-state index in [1.54, 1.807) is 11.3 Å². The number of thiophene rings is 1. The zero-order valence-corrected chi connectivity index (χ0v) is 10.8. The SMILES string of the molecule is Cc1ccsc1CNC(=O)CCC(C)CN. The summed E-state index contributed by atoms with van der Waals surface area (Å²) in [5, 5.41) is 4.98. The summed E-state index contributed by atoms with van der Waals surface area (Å²) in [6.45, 7) is 5.43. The molecule has 3 N–H and O–H groups in total. The Hall–Kier alpha value is -0.870. The standard InChI is InChI=1S/C12H20N2OS/c1-9(7-13)3-4-12(15)14-8-11-10(2)5-6-16-11/h5-6,9H,3-4,7-8,13H2,1-2H3,(H,14,15). The first kappa shape index (κ1) is 13.2. The van der Waals surface area contributed by atoms with Crippen LogP contribution in [0.2, 0.25) is 0 Å². The van der Waals surface area contributed by atoms with Crippen molar-refractivity contribution in [2.45, 2.75) is 33.2 Å². The van der Waals surface area contributed by atoms with E-state index in [4.69, 9.17) is 5.73 Å². The molecule has 0 saturated heterocycles. The van der Waals surface area contributed by atoms with E-state index in [2.05, 4.69) is 25.2 Å². The zero-order valence-electron chi connectivity index (χ0n) is 9.95. The molecule has 1 aromatic heterocycles. The Kier molecular flexibility index (Phi) is 5.49. The highest BCUT2D eigenvalue weighted by Gasteiger charge is 2.06. The predicted molar refractivity (Wildman–Crippen MR) is 68.4 cm³/mol. The first-order valence-corrected chi connectivity index (χ1v) is 6.51. The van der Waals surface area contributed by atoms with Crippen molar-refractivity contribution >= 4 is 17.2 Å². The van der Waals surface area contributed by atoms with Gasteiger partial charge in [-0.3, -0.25) is 4.79 Å². The van der Waals surface area contributed by atoms with Gasteiger partial charge in [-0.1, -0.05) is 6.92 Å². The van der Waals surface area contributed by atoms with E-state index in [1.807, 2.05) is 5.38 Å². The minimum Gasteiger partial charge on any atom is -0.351 e. The van der Waals surface area contributed by atoms with Crippen LogP contribution in [-0.4, -0.2) is 12.5 Å². The van der Waals surface area contributed by atoms with Crippen LogP contribution in [0.25, 0.3) is 0 Å². The summed E-state index contributed by atoms with van der Waals surface area (Å²) in [4.78, 5) is 12.8. The molecule has 1 amide bonds. The van der Waals surface area contributed by atoms with Crippen LogP contribution in [0.4, 0.5) is 0 Å². The Morgan fingerprint density at radius 3 is 2.94 bits per heavy atom. The highest BCUT2D eigenvalue weighted by molar-refractivity contribution is 7.10. The molecule has 1 unspecified atom stereocenters. The molecule has 0 radical (unpaired) electrons. The summed E-state index contributed by atoms with van der Waals surface area (Å²) in [5.74, 6) is 0.544. The van der Waals surface area contributed by atoms with Gasteiger partial charge in [0.25, 0.3) is 0 Å². The van der Waals surface area contributed by atoms with E-state index in [0.29, 0.717) is 25.4 Å². The maximum absolute atomic E-state index is 11.5. The van der Waals surface area contributed by atoms with E-state index in [0.717, 1.165) is 6.42 Å². The van der Waals surface area contributed by atoms with E-state index in [1.165, 1.54) is 10.4 Å². The summed E-state index contributed by atoms with van der Waals surface area (Å²) in [6.07, 6.45) is 1.44. The number of hydrogen-bond acceptors (Lipinski definition) is 3. The molecule has 1 aromatic rings. The van der Waals surface area contributed by atoms with Crippen molar-refractivity contribution < 1.29 is 4.79 Å². The molecule has 0 aromatic carbocycles. The fourth-order valence-electron chi connectivity index (χ4n) is 1.35. The Morgan fingerprint density at radius 2 is 2.38 bits per heavy atom. The second-order valence-corrected chi connectivity index (χ2v) is 5.18. The molecule has 16 heavy (non-hydrogen) atoms. The van der Waals surface area contributed by atoms with Crippen molar-refractivity contribution in [2.75, 3.05) is 6.54 Å². The smallest absolute Gasteiger partial charge is 0.220 e. The lowest BCUT2D eigenvalue weighted by atomic mass is 10.1. The molecule has 1 atom stereocenters. The van der Waals surface area contributed by atoms with Gasteiger partial charge >= 0.3 is 0 Å². The molecule has 3 nitrogen and oxygen atoms in total. The number of amides is 1. The molecule has 0 aliphatic carbocycles. The van der Waals surface area contributed by atoms with Gasteiger partial charge in [0.1, 0.15) is 0 Å². The minimum absolute atomic E-state index is 0.119. The van der Waals surface area contributed by atoms with E-state index < -0.39 is 0 Å². The average Bonchev–Trinajstić information content (AvgIpc) is 2.69. The summed E-state index contributed by atoms with van der Waals surface area (Å²) < 4.78 is 0. The van der Waals surface area contributed by atoms with Crippen LogP contribution in [0.1, 0.15) is 30.2 Å². The van der Waals surface area contributed by atoms with Crippen molar-refractivity contribution in [3.63, 3.8) is 0 Å². The molecule has 1 heterocycles. The van der Waals surface area contributed by atoms with Crippen LogP contribution in [-0.2, 0) is 11.3 Å². The van der Waals surface area contributed by atoms with Crippen LogP contribution in [0.3, 0.4) is 0 Å². The van der Waals surface area contributed by atoms with Crippen LogP contribution in [0, 0.1) is 12.8 Å². The first-order chi connectivity index (χ1) is 7.63. The number of aryl methyl sites for hydroxylation is 1. The maximum atomic E-state index is 11.5. The summed E-state index contributed by atoms with van der Waals surface area (Å²) in [6, 6.07) is 2.07. The van der Waals surface area contributed by atoms with Gasteiger partial charge in [0.05, 0.1) is 6.54 Å². The quantitative estimate of drug-likeness (QED) is 0.799. The van der Waals surface area contributed by atoms with Gasteiger partial charge in [-0.05, 0) is 42.8 Å². The number of rotatable bonds is 6. The Labute approximate surface area is 101 Å². The molecule has 1 rings (SSSR count). The number of nitrogens with two attached hydrogens (primary N) is 1. The van der Waals surface area contributed by atoms with Gasteiger partial charge in [-0.25, -0.2) is 0 Å². The van der Waals surface area contributed by atoms with Crippen molar-refractivity contribution in [1.82, 2.24) is 5.32 Å². The van der Waals surface area contributed by atoms with Crippen molar-refractivity contribution in [1.29, 1.82) is 0 Å². The molecular formula is C12H20N2OS. The topological polar surface area (TPSA) is 55.1 Å². The lowest BCUT2D eigenvalue weighted by Gasteiger charge is -2.08. The highest BCUT2D eigenvalue weighted by Crippen LogP contribution is 2.14. The molecule has 0 aliphatic rings. The molecular weight excluding hydrogens is 220 g/mol. The van der Waals surface area contributed by atoms with E-state index in [9.17, 15) is 4.79 Å². The fourth-order valence-corrected chi connectivity index (χ4v) is 2.19. The van der Waals surface area contributed by atoms with Crippen LogP contribution < -0.4 is 11.1 Å². The lowest BCUT2D eigenvalue weighted by Crippen LogP contribution is -2.23. The minimum atomic E-state index is 0.119. The third-order valence-corrected chi connectivity index (χ3v) is 3.70. The highest BCUT2D eigenvalue weighted by atomic mass is 32.1. The zero-order chi connectivity index (χ0) is 12.0. The van der Waals surface area contributed by atoms with Crippen LogP contribution in [0.15, 0.2) is 11.4 Å². The number of carbonyl (C=O) groups is 1. The van der Waals surface area contributed by atoms with Gasteiger partial charge < -0.3 is 11.1 Å². The van der Waals surface area contributed by atoms with Crippen LogP contribution >= 0.6 is 11.3 Å². The van der Waals surface area contributed by atoms with Gasteiger partial charge in [0.15, 0.2) is 0 Å². The van der Waals surface area contributed by atoms with Crippen molar-refractivity contribution in [3.8, 4) is 0 Å². The average molecular weight is 240 g/mol. The molecule has 0 bridgehead atoms. The lowest BCUT2D eigenvalue weighted by molar-refractivity contribution is -0.121. The first-order valence-electron chi connectivity index (χ1n) is 5.63. The number of carbonyl (C=O) groups excluding carboxylic acids is 1. The van der Waals surface area contributed by atoms with Crippen LogP contribution in [0.5, 0.6) is 0 Å². The molecule has 4 heteroatoms. The largest absolute Gasteiger partial charge is 0.351 e. The third kappa shape index (κ3) is 4.33. The molecule has 0 saturated carbocycles.